The molecule has 5 heteroatoms. The smallest absolute Gasteiger partial charge is 0.162 e. The minimum Gasteiger partial charge on any atom is -0.493 e. The summed E-state index contributed by atoms with van der Waals surface area (Å²) in [6, 6.07) is 3.73. The topological polar surface area (TPSA) is 60.2 Å². The zero-order valence-corrected chi connectivity index (χ0v) is 11.0. The summed E-state index contributed by atoms with van der Waals surface area (Å²) in [6.07, 6.45) is 0.826. The Hall–Kier alpha value is -1.88. The Bertz CT molecular complexity index is 543. The van der Waals surface area contributed by atoms with Gasteiger partial charge in [0.05, 0.1) is 13.3 Å². The highest BCUT2D eigenvalue weighted by Gasteiger charge is 2.20. The molecule has 0 aliphatic heterocycles. The number of rotatable bonds is 3. The van der Waals surface area contributed by atoms with Gasteiger partial charge in [-0.05, 0) is 31.5 Å². The van der Waals surface area contributed by atoms with Crippen molar-refractivity contribution in [1.29, 1.82) is 0 Å². The molecule has 0 bridgehead atoms. The fourth-order valence-electron chi connectivity index (χ4n) is 2.08. The normalized spacial score (nSPS) is 12.5. The van der Waals surface area contributed by atoms with E-state index in [-0.39, 0.29) is 0 Å². The van der Waals surface area contributed by atoms with Gasteiger partial charge in [0, 0.05) is 18.4 Å². The monoisotopic (exact) mass is 247 g/mol. The van der Waals surface area contributed by atoms with Gasteiger partial charge in [0.2, 0.25) is 0 Å². The van der Waals surface area contributed by atoms with Gasteiger partial charge in [0.15, 0.2) is 5.75 Å². The van der Waals surface area contributed by atoms with Crippen LogP contribution in [0.25, 0.3) is 0 Å². The maximum Gasteiger partial charge on any atom is 0.162 e. The van der Waals surface area contributed by atoms with Crippen molar-refractivity contribution in [1.82, 2.24) is 14.8 Å². The zero-order valence-electron chi connectivity index (χ0n) is 11.0. The molecule has 0 radical (unpaired) electrons. The van der Waals surface area contributed by atoms with E-state index < -0.39 is 6.10 Å². The van der Waals surface area contributed by atoms with E-state index in [1.165, 1.54) is 0 Å². The molecule has 2 aromatic heterocycles. The number of aromatic nitrogens is 3. The Morgan fingerprint density at radius 1 is 1.28 bits per heavy atom. The van der Waals surface area contributed by atoms with Crippen LogP contribution in [0.3, 0.4) is 0 Å². The average molecular weight is 247 g/mol. The summed E-state index contributed by atoms with van der Waals surface area (Å²) in [4.78, 5) is 4.30. The number of aliphatic hydroxyl groups excluding tert-OH is 1. The summed E-state index contributed by atoms with van der Waals surface area (Å²) in [5, 5.41) is 14.5. The van der Waals surface area contributed by atoms with Crippen LogP contribution in [-0.4, -0.2) is 27.0 Å². The zero-order chi connectivity index (χ0) is 13.3. The van der Waals surface area contributed by atoms with Gasteiger partial charge >= 0.3 is 0 Å². The SMILES string of the molecule is COc1cnn(C)c1C(O)c1cc(C)nc(C)c1. The number of hydrogen-bond acceptors (Lipinski definition) is 4. The van der Waals surface area contributed by atoms with Crippen LogP contribution in [0.1, 0.15) is 28.7 Å². The van der Waals surface area contributed by atoms with Gasteiger partial charge in [-0.25, -0.2) is 0 Å². The Labute approximate surface area is 106 Å². The van der Waals surface area contributed by atoms with Gasteiger partial charge in [-0.15, -0.1) is 0 Å². The van der Waals surface area contributed by atoms with E-state index in [1.807, 2.05) is 26.0 Å². The molecule has 1 atom stereocenters. The molecular weight excluding hydrogens is 230 g/mol. The van der Waals surface area contributed by atoms with Crippen molar-refractivity contribution in [3.05, 3.63) is 41.0 Å². The van der Waals surface area contributed by atoms with Crippen LogP contribution in [0.15, 0.2) is 18.3 Å². The summed E-state index contributed by atoms with van der Waals surface area (Å²) in [6.45, 7) is 3.81. The number of aliphatic hydroxyl groups is 1. The van der Waals surface area contributed by atoms with Gasteiger partial charge in [0.25, 0.3) is 0 Å². The van der Waals surface area contributed by atoms with Crippen LogP contribution >= 0.6 is 0 Å². The van der Waals surface area contributed by atoms with Crippen LogP contribution in [0.2, 0.25) is 0 Å². The van der Waals surface area contributed by atoms with E-state index in [0.717, 1.165) is 17.0 Å². The predicted octanol–water partition coefficient (Wildman–Crippen LogP) is 1.52. The molecule has 96 valence electrons. The number of nitrogens with zero attached hydrogens (tertiary/aromatic N) is 3. The summed E-state index contributed by atoms with van der Waals surface area (Å²) in [5.74, 6) is 0.581. The van der Waals surface area contributed by atoms with Crippen LogP contribution in [0, 0.1) is 13.8 Å². The molecule has 0 aromatic carbocycles. The van der Waals surface area contributed by atoms with Crippen molar-refractivity contribution in [2.45, 2.75) is 20.0 Å². The van der Waals surface area contributed by atoms with E-state index in [9.17, 15) is 5.11 Å². The quantitative estimate of drug-likeness (QED) is 0.893. The molecule has 0 aliphatic rings. The molecule has 0 saturated heterocycles. The molecule has 1 unspecified atom stereocenters. The third kappa shape index (κ3) is 2.22. The molecular formula is C13H17N3O2. The highest BCUT2D eigenvalue weighted by atomic mass is 16.5. The third-order valence-corrected chi connectivity index (χ3v) is 2.85. The van der Waals surface area contributed by atoms with E-state index in [2.05, 4.69) is 10.1 Å². The largest absolute Gasteiger partial charge is 0.493 e. The molecule has 2 rings (SSSR count). The third-order valence-electron chi connectivity index (χ3n) is 2.85. The lowest BCUT2D eigenvalue weighted by molar-refractivity contribution is 0.204. The minimum absolute atomic E-state index is 0.581. The lowest BCUT2D eigenvalue weighted by atomic mass is 10.1. The lowest BCUT2D eigenvalue weighted by Crippen LogP contribution is -2.09. The summed E-state index contributed by atoms with van der Waals surface area (Å²) < 4.78 is 6.83. The molecule has 0 amide bonds. The van der Waals surface area contributed by atoms with Crippen LogP contribution in [0.5, 0.6) is 5.75 Å². The highest BCUT2D eigenvalue weighted by Crippen LogP contribution is 2.29. The molecule has 0 aliphatic carbocycles. The highest BCUT2D eigenvalue weighted by molar-refractivity contribution is 5.35. The van der Waals surface area contributed by atoms with Gasteiger partial charge in [-0.3, -0.25) is 9.67 Å². The molecule has 1 N–H and O–H groups in total. The summed E-state index contributed by atoms with van der Waals surface area (Å²) >= 11 is 0. The molecule has 2 aromatic rings. The molecule has 5 nitrogen and oxygen atoms in total. The minimum atomic E-state index is -0.771. The molecule has 0 spiro atoms. The maximum atomic E-state index is 10.5. The van der Waals surface area contributed by atoms with Gasteiger partial charge in [0.1, 0.15) is 11.8 Å². The van der Waals surface area contributed by atoms with Crippen molar-refractivity contribution in [2.24, 2.45) is 7.05 Å². The fraction of sp³-hybridized carbons (Fsp3) is 0.385. The lowest BCUT2D eigenvalue weighted by Gasteiger charge is -2.14. The van der Waals surface area contributed by atoms with Crippen molar-refractivity contribution >= 4 is 0 Å². The summed E-state index contributed by atoms with van der Waals surface area (Å²) in [5.41, 5.74) is 3.19. The molecule has 2 heterocycles. The van der Waals surface area contributed by atoms with Crippen molar-refractivity contribution in [3.63, 3.8) is 0 Å². The summed E-state index contributed by atoms with van der Waals surface area (Å²) in [7, 11) is 3.35. The molecule has 0 fully saturated rings. The first-order valence-electron chi connectivity index (χ1n) is 5.72. The van der Waals surface area contributed by atoms with Gasteiger partial charge in [-0.1, -0.05) is 0 Å². The second-order valence-corrected chi connectivity index (χ2v) is 4.31. The predicted molar refractivity (Wildman–Crippen MR) is 67.5 cm³/mol. The average Bonchev–Trinajstić information content (AvgIpc) is 2.68. The first-order valence-corrected chi connectivity index (χ1v) is 5.72. The Morgan fingerprint density at radius 3 is 2.44 bits per heavy atom. The number of pyridine rings is 1. The van der Waals surface area contributed by atoms with E-state index in [1.54, 1.807) is 25.0 Å². The first-order chi connectivity index (χ1) is 8.52. The van der Waals surface area contributed by atoms with Gasteiger partial charge < -0.3 is 9.84 Å². The number of aryl methyl sites for hydroxylation is 3. The fourth-order valence-corrected chi connectivity index (χ4v) is 2.08. The number of hydrogen-bond donors (Lipinski definition) is 1. The Balaban J connectivity index is 2.47. The van der Waals surface area contributed by atoms with Crippen LogP contribution in [-0.2, 0) is 7.05 Å². The van der Waals surface area contributed by atoms with Gasteiger partial charge in [-0.2, -0.15) is 5.10 Å². The van der Waals surface area contributed by atoms with E-state index in [0.29, 0.717) is 11.4 Å². The van der Waals surface area contributed by atoms with Crippen molar-refractivity contribution in [3.8, 4) is 5.75 Å². The number of methoxy groups -OCH3 is 1. The van der Waals surface area contributed by atoms with E-state index in [4.69, 9.17) is 4.74 Å². The van der Waals surface area contributed by atoms with Crippen molar-refractivity contribution in [2.75, 3.05) is 7.11 Å². The van der Waals surface area contributed by atoms with E-state index >= 15 is 0 Å². The Morgan fingerprint density at radius 2 is 1.89 bits per heavy atom. The molecule has 18 heavy (non-hydrogen) atoms. The second-order valence-electron chi connectivity index (χ2n) is 4.31. The molecule has 0 saturated carbocycles. The number of ether oxygens (including phenoxy) is 1. The second kappa shape index (κ2) is 4.78. The standard InChI is InChI=1S/C13H17N3O2/c1-8-5-10(6-9(2)15-8)13(17)12-11(18-4)7-14-16(12)3/h5-7,13,17H,1-4H3. The Kier molecular flexibility index (Phi) is 3.34. The van der Waals surface area contributed by atoms with Crippen LogP contribution in [0.4, 0.5) is 0 Å². The van der Waals surface area contributed by atoms with Crippen LogP contribution < -0.4 is 4.74 Å². The first kappa shape index (κ1) is 12.6. The maximum absolute atomic E-state index is 10.5. The van der Waals surface area contributed by atoms with Crippen molar-refractivity contribution < 1.29 is 9.84 Å².